The van der Waals surface area contributed by atoms with Gasteiger partial charge in [0.25, 0.3) is 5.91 Å². The highest BCUT2D eigenvalue weighted by Crippen LogP contribution is 2.31. The second-order valence-electron chi connectivity index (χ2n) is 6.27. The first kappa shape index (κ1) is 18.2. The van der Waals surface area contributed by atoms with Gasteiger partial charge < -0.3 is 14.8 Å². The summed E-state index contributed by atoms with van der Waals surface area (Å²) < 4.78 is 10.7. The van der Waals surface area contributed by atoms with E-state index in [-0.39, 0.29) is 11.9 Å². The van der Waals surface area contributed by atoms with Gasteiger partial charge in [0.2, 0.25) is 5.88 Å². The van der Waals surface area contributed by atoms with Crippen molar-refractivity contribution in [3.05, 3.63) is 53.7 Å². The lowest BCUT2D eigenvalue weighted by molar-refractivity contribution is 0.0933. The van der Waals surface area contributed by atoms with Crippen molar-refractivity contribution in [1.29, 1.82) is 0 Å². The molecule has 1 unspecified atom stereocenters. The summed E-state index contributed by atoms with van der Waals surface area (Å²) in [6.07, 6.45) is 3.96. The fourth-order valence-corrected chi connectivity index (χ4v) is 3.44. The van der Waals surface area contributed by atoms with Crippen LogP contribution in [-0.2, 0) is 0 Å². The van der Waals surface area contributed by atoms with Crippen LogP contribution in [0, 0.1) is 0 Å². The number of aromatic nitrogens is 1. The van der Waals surface area contributed by atoms with E-state index in [1.807, 2.05) is 18.2 Å². The minimum absolute atomic E-state index is 0.0697. The highest BCUT2D eigenvalue weighted by molar-refractivity contribution is 5.96. The molecule has 2 aromatic rings. The topological polar surface area (TPSA) is 63.7 Å². The Morgan fingerprint density at radius 1 is 1.15 bits per heavy atom. The molecule has 26 heavy (non-hydrogen) atoms. The van der Waals surface area contributed by atoms with Crippen LogP contribution in [0.4, 0.5) is 0 Å². The summed E-state index contributed by atoms with van der Waals surface area (Å²) in [5, 5.41) is 3.04. The summed E-state index contributed by atoms with van der Waals surface area (Å²) in [5.74, 6) is 0.992. The number of benzene rings is 1. The van der Waals surface area contributed by atoms with Crippen molar-refractivity contribution in [2.75, 3.05) is 33.9 Å². The van der Waals surface area contributed by atoms with Crippen LogP contribution in [0.25, 0.3) is 0 Å². The minimum atomic E-state index is -0.186. The molecule has 0 aliphatic carbocycles. The van der Waals surface area contributed by atoms with Gasteiger partial charge in [-0.15, -0.1) is 0 Å². The number of carbonyl (C=O) groups excluding carboxylic acids is 1. The predicted molar refractivity (Wildman–Crippen MR) is 99.7 cm³/mol. The van der Waals surface area contributed by atoms with Gasteiger partial charge in [-0.1, -0.05) is 18.2 Å². The lowest BCUT2D eigenvalue weighted by Crippen LogP contribution is -2.37. The van der Waals surface area contributed by atoms with Gasteiger partial charge in [-0.05, 0) is 44.1 Å². The van der Waals surface area contributed by atoms with E-state index in [1.54, 1.807) is 25.4 Å². The second kappa shape index (κ2) is 8.67. The number of hydrogen-bond acceptors (Lipinski definition) is 5. The lowest BCUT2D eigenvalue weighted by atomic mass is 10.0. The number of pyridine rings is 1. The van der Waals surface area contributed by atoms with Gasteiger partial charge >= 0.3 is 0 Å². The van der Waals surface area contributed by atoms with Crippen molar-refractivity contribution in [2.24, 2.45) is 0 Å². The SMILES string of the molecule is COc1ccccc1C(CNC(=O)c1cccnc1OC)N1CCCC1. The molecule has 6 nitrogen and oxygen atoms in total. The van der Waals surface area contributed by atoms with Crippen molar-refractivity contribution in [3.63, 3.8) is 0 Å². The van der Waals surface area contributed by atoms with Crippen molar-refractivity contribution < 1.29 is 14.3 Å². The van der Waals surface area contributed by atoms with Crippen LogP contribution < -0.4 is 14.8 Å². The van der Waals surface area contributed by atoms with E-state index in [2.05, 4.69) is 21.3 Å². The average molecular weight is 355 g/mol. The Kier molecular flexibility index (Phi) is 6.07. The Balaban J connectivity index is 1.79. The monoisotopic (exact) mass is 355 g/mol. The third kappa shape index (κ3) is 3.96. The fourth-order valence-electron chi connectivity index (χ4n) is 3.44. The molecule has 1 aliphatic rings. The minimum Gasteiger partial charge on any atom is -0.496 e. The van der Waals surface area contributed by atoms with Crippen LogP contribution in [-0.4, -0.2) is 49.6 Å². The highest BCUT2D eigenvalue weighted by Gasteiger charge is 2.26. The molecule has 1 atom stereocenters. The molecule has 138 valence electrons. The molecule has 6 heteroatoms. The van der Waals surface area contributed by atoms with Gasteiger partial charge in [0.1, 0.15) is 11.3 Å². The number of nitrogens with zero attached hydrogens (tertiary/aromatic N) is 2. The number of hydrogen-bond donors (Lipinski definition) is 1. The summed E-state index contributed by atoms with van der Waals surface area (Å²) >= 11 is 0. The van der Waals surface area contributed by atoms with Crippen molar-refractivity contribution in [3.8, 4) is 11.6 Å². The Bertz CT molecular complexity index is 745. The van der Waals surface area contributed by atoms with Crippen LogP contribution in [0.15, 0.2) is 42.6 Å². The van der Waals surface area contributed by atoms with E-state index in [0.717, 1.165) is 24.4 Å². The maximum atomic E-state index is 12.6. The zero-order valence-corrected chi connectivity index (χ0v) is 15.3. The molecule has 3 rings (SSSR count). The molecule has 1 aromatic carbocycles. The van der Waals surface area contributed by atoms with Crippen LogP contribution in [0.2, 0.25) is 0 Å². The van der Waals surface area contributed by atoms with Gasteiger partial charge in [-0.25, -0.2) is 4.98 Å². The van der Waals surface area contributed by atoms with Crippen molar-refractivity contribution >= 4 is 5.91 Å². The summed E-state index contributed by atoms with van der Waals surface area (Å²) in [6.45, 7) is 2.54. The van der Waals surface area contributed by atoms with Gasteiger partial charge in [0.15, 0.2) is 0 Å². The first-order chi connectivity index (χ1) is 12.7. The van der Waals surface area contributed by atoms with Crippen LogP contribution in [0.5, 0.6) is 11.6 Å². The van der Waals surface area contributed by atoms with Gasteiger partial charge in [0, 0.05) is 18.3 Å². The van der Waals surface area contributed by atoms with E-state index in [1.165, 1.54) is 20.0 Å². The summed E-state index contributed by atoms with van der Waals surface area (Å²) in [4.78, 5) is 19.1. The van der Waals surface area contributed by atoms with E-state index < -0.39 is 0 Å². The molecular weight excluding hydrogens is 330 g/mol. The Hall–Kier alpha value is -2.60. The Morgan fingerprint density at radius 3 is 2.65 bits per heavy atom. The van der Waals surface area contributed by atoms with Crippen LogP contribution in [0.1, 0.15) is 34.8 Å². The maximum Gasteiger partial charge on any atom is 0.256 e. The van der Waals surface area contributed by atoms with E-state index in [0.29, 0.717) is 18.0 Å². The number of rotatable bonds is 7. The van der Waals surface area contributed by atoms with Crippen LogP contribution in [0.3, 0.4) is 0 Å². The molecule has 1 N–H and O–H groups in total. The van der Waals surface area contributed by atoms with Gasteiger partial charge in [-0.3, -0.25) is 9.69 Å². The molecule has 0 radical (unpaired) electrons. The van der Waals surface area contributed by atoms with Gasteiger partial charge in [-0.2, -0.15) is 0 Å². The number of para-hydroxylation sites is 1. The number of likely N-dealkylation sites (tertiary alicyclic amines) is 1. The van der Waals surface area contributed by atoms with E-state index in [4.69, 9.17) is 9.47 Å². The van der Waals surface area contributed by atoms with Crippen molar-refractivity contribution in [2.45, 2.75) is 18.9 Å². The summed E-state index contributed by atoms with van der Waals surface area (Å²) in [6, 6.07) is 11.5. The molecule has 1 amide bonds. The van der Waals surface area contributed by atoms with E-state index >= 15 is 0 Å². The number of ether oxygens (including phenoxy) is 2. The maximum absolute atomic E-state index is 12.6. The molecule has 2 heterocycles. The zero-order valence-electron chi connectivity index (χ0n) is 15.3. The number of nitrogens with one attached hydrogen (secondary N) is 1. The third-order valence-electron chi connectivity index (χ3n) is 4.74. The summed E-state index contributed by atoms with van der Waals surface area (Å²) in [7, 11) is 3.19. The largest absolute Gasteiger partial charge is 0.496 e. The molecule has 0 spiro atoms. The van der Waals surface area contributed by atoms with Gasteiger partial charge in [0.05, 0.1) is 20.3 Å². The molecule has 1 aliphatic heterocycles. The third-order valence-corrected chi connectivity index (χ3v) is 4.74. The second-order valence-corrected chi connectivity index (χ2v) is 6.27. The zero-order chi connectivity index (χ0) is 18.4. The summed E-state index contributed by atoms with van der Waals surface area (Å²) in [5.41, 5.74) is 1.53. The van der Waals surface area contributed by atoms with Crippen molar-refractivity contribution in [1.82, 2.24) is 15.2 Å². The molecule has 0 bridgehead atoms. The molecule has 1 saturated heterocycles. The predicted octanol–water partition coefficient (Wildman–Crippen LogP) is 2.67. The average Bonchev–Trinajstić information content (AvgIpc) is 3.22. The number of methoxy groups -OCH3 is 2. The quantitative estimate of drug-likeness (QED) is 0.827. The highest BCUT2D eigenvalue weighted by atomic mass is 16.5. The first-order valence-corrected chi connectivity index (χ1v) is 8.88. The Labute approximate surface area is 154 Å². The fraction of sp³-hybridized carbons (Fsp3) is 0.400. The normalized spacial score (nSPS) is 15.5. The number of amides is 1. The molecule has 1 fully saturated rings. The molecular formula is C20H25N3O3. The first-order valence-electron chi connectivity index (χ1n) is 8.88. The molecule has 0 saturated carbocycles. The number of carbonyl (C=O) groups is 1. The standard InChI is InChI=1S/C20H25N3O3/c1-25-18-10-4-3-8-15(18)17(23-12-5-6-13-23)14-22-19(24)16-9-7-11-21-20(16)26-2/h3-4,7-11,17H,5-6,12-14H2,1-2H3,(H,22,24). The Morgan fingerprint density at radius 2 is 1.92 bits per heavy atom. The molecule has 1 aromatic heterocycles. The van der Waals surface area contributed by atoms with Crippen LogP contribution >= 0.6 is 0 Å². The van der Waals surface area contributed by atoms with E-state index in [9.17, 15) is 4.79 Å². The lowest BCUT2D eigenvalue weighted by Gasteiger charge is -2.29. The smallest absolute Gasteiger partial charge is 0.256 e.